The Balaban J connectivity index is 1.39. The van der Waals surface area contributed by atoms with Gasteiger partial charge in [-0.25, -0.2) is 4.79 Å². The fraction of sp³-hybridized carbons (Fsp3) is 0.650. The van der Waals surface area contributed by atoms with Crippen molar-refractivity contribution in [2.24, 2.45) is 0 Å². The summed E-state index contributed by atoms with van der Waals surface area (Å²) in [7, 11) is 0. The van der Waals surface area contributed by atoms with E-state index in [0.717, 1.165) is 70.9 Å². The van der Waals surface area contributed by atoms with Gasteiger partial charge in [-0.3, -0.25) is 4.90 Å². The van der Waals surface area contributed by atoms with E-state index in [1.54, 1.807) is 0 Å². The van der Waals surface area contributed by atoms with Gasteiger partial charge in [-0.05, 0) is 30.9 Å². The van der Waals surface area contributed by atoms with Crippen molar-refractivity contribution in [3.8, 4) is 0 Å². The van der Waals surface area contributed by atoms with E-state index in [9.17, 15) is 4.79 Å². The summed E-state index contributed by atoms with van der Waals surface area (Å²) in [6.07, 6.45) is 2.16. The Morgan fingerprint density at radius 3 is 2.42 bits per heavy atom. The zero-order valence-electron chi connectivity index (χ0n) is 15.8. The molecule has 0 radical (unpaired) electrons. The van der Waals surface area contributed by atoms with E-state index >= 15 is 0 Å². The topological polar surface area (TPSA) is 54.0 Å². The SMILES string of the molecule is CCOC1CCN(C(=O)NCc2ccc(CN3CCOCC3)cc2)CC1. The minimum atomic E-state index is 0.0253. The van der Waals surface area contributed by atoms with Gasteiger partial charge in [-0.1, -0.05) is 24.3 Å². The number of morpholine rings is 1. The number of benzene rings is 1. The molecule has 3 rings (SSSR count). The van der Waals surface area contributed by atoms with Crippen molar-refractivity contribution in [2.75, 3.05) is 46.0 Å². The number of urea groups is 1. The Morgan fingerprint density at radius 1 is 1.12 bits per heavy atom. The molecule has 2 saturated heterocycles. The Morgan fingerprint density at radius 2 is 1.77 bits per heavy atom. The molecule has 1 aromatic carbocycles. The quantitative estimate of drug-likeness (QED) is 0.844. The first-order chi connectivity index (χ1) is 12.7. The summed E-state index contributed by atoms with van der Waals surface area (Å²) in [4.78, 5) is 16.6. The fourth-order valence-electron chi connectivity index (χ4n) is 3.53. The normalized spacial score (nSPS) is 19.5. The molecule has 6 nitrogen and oxygen atoms in total. The van der Waals surface area contributed by atoms with E-state index in [2.05, 4.69) is 34.5 Å². The molecule has 0 unspecified atom stereocenters. The van der Waals surface area contributed by atoms with Crippen LogP contribution in [0, 0.1) is 0 Å². The van der Waals surface area contributed by atoms with Crippen LogP contribution in [0.15, 0.2) is 24.3 Å². The second-order valence-corrected chi connectivity index (χ2v) is 7.01. The molecule has 2 heterocycles. The number of amides is 2. The van der Waals surface area contributed by atoms with E-state index in [0.29, 0.717) is 12.6 Å². The molecule has 1 N–H and O–H groups in total. The molecule has 0 aromatic heterocycles. The van der Waals surface area contributed by atoms with Gasteiger partial charge in [-0.2, -0.15) is 0 Å². The Hall–Kier alpha value is -1.63. The van der Waals surface area contributed by atoms with Gasteiger partial charge < -0.3 is 19.7 Å². The summed E-state index contributed by atoms with van der Waals surface area (Å²) in [5, 5.41) is 3.04. The summed E-state index contributed by atoms with van der Waals surface area (Å²) < 4.78 is 11.0. The molecule has 0 atom stereocenters. The standard InChI is InChI=1S/C20H31N3O3/c1-2-26-19-7-9-23(10-8-19)20(24)21-15-17-3-5-18(6-4-17)16-22-11-13-25-14-12-22/h3-6,19H,2,7-16H2,1H3,(H,21,24). The fourth-order valence-corrected chi connectivity index (χ4v) is 3.53. The molecule has 6 heteroatoms. The lowest BCUT2D eigenvalue weighted by molar-refractivity contribution is 0.0220. The minimum Gasteiger partial charge on any atom is -0.379 e. The Labute approximate surface area is 156 Å². The third kappa shape index (κ3) is 5.69. The van der Waals surface area contributed by atoms with Crippen LogP contribution in [0.1, 0.15) is 30.9 Å². The van der Waals surface area contributed by atoms with Gasteiger partial charge in [0.25, 0.3) is 0 Å². The van der Waals surface area contributed by atoms with Crippen LogP contribution in [-0.4, -0.2) is 67.9 Å². The molecule has 2 amide bonds. The zero-order chi connectivity index (χ0) is 18.2. The van der Waals surface area contributed by atoms with E-state index in [1.807, 2.05) is 11.8 Å². The van der Waals surface area contributed by atoms with E-state index in [-0.39, 0.29) is 6.03 Å². The predicted octanol–water partition coefficient (Wildman–Crippen LogP) is 2.23. The number of nitrogens with zero attached hydrogens (tertiary/aromatic N) is 2. The van der Waals surface area contributed by atoms with Crippen molar-refractivity contribution < 1.29 is 14.3 Å². The lowest BCUT2D eigenvalue weighted by Crippen LogP contribution is -2.45. The molecule has 1 aromatic rings. The average molecular weight is 361 g/mol. The Bertz CT molecular complexity index is 550. The summed E-state index contributed by atoms with van der Waals surface area (Å²) in [5.74, 6) is 0. The van der Waals surface area contributed by atoms with Crippen LogP contribution in [0.2, 0.25) is 0 Å². The highest BCUT2D eigenvalue weighted by molar-refractivity contribution is 5.74. The predicted molar refractivity (Wildman–Crippen MR) is 101 cm³/mol. The zero-order valence-corrected chi connectivity index (χ0v) is 15.8. The third-order valence-corrected chi connectivity index (χ3v) is 5.11. The largest absolute Gasteiger partial charge is 0.379 e. The van der Waals surface area contributed by atoms with Crippen LogP contribution in [0.4, 0.5) is 4.79 Å². The van der Waals surface area contributed by atoms with E-state index in [1.165, 1.54) is 5.56 Å². The number of hydrogen-bond donors (Lipinski definition) is 1. The van der Waals surface area contributed by atoms with Crippen molar-refractivity contribution in [2.45, 2.75) is 39.0 Å². The van der Waals surface area contributed by atoms with Crippen LogP contribution < -0.4 is 5.32 Å². The first-order valence-corrected chi connectivity index (χ1v) is 9.77. The molecule has 0 spiro atoms. The molecule has 26 heavy (non-hydrogen) atoms. The third-order valence-electron chi connectivity index (χ3n) is 5.11. The van der Waals surface area contributed by atoms with Gasteiger partial charge in [0.1, 0.15) is 0 Å². The number of nitrogens with one attached hydrogen (secondary N) is 1. The van der Waals surface area contributed by atoms with Crippen LogP contribution >= 0.6 is 0 Å². The van der Waals surface area contributed by atoms with Crippen LogP contribution in [0.3, 0.4) is 0 Å². The molecule has 2 aliphatic heterocycles. The highest BCUT2D eigenvalue weighted by Gasteiger charge is 2.22. The van der Waals surface area contributed by atoms with Gasteiger partial charge in [0, 0.05) is 45.9 Å². The minimum absolute atomic E-state index is 0.0253. The monoisotopic (exact) mass is 361 g/mol. The highest BCUT2D eigenvalue weighted by Crippen LogP contribution is 2.14. The van der Waals surface area contributed by atoms with Crippen LogP contribution in [0.5, 0.6) is 0 Å². The van der Waals surface area contributed by atoms with Crippen LogP contribution in [0.25, 0.3) is 0 Å². The maximum Gasteiger partial charge on any atom is 0.317 e. The first-order valence-electron chi connectivity index (χ1n) is 9.77. The molecule has 0 bridgehead atoms. The van der Waals surface area contributed by atoms with Crippen molar-refractivity contribution in [1.29, 1.82) is 0 Å². The highest BCUT2D eigenvalue weighted by atomic mass is 16.5. The number of rotatable bonds is 6. The molecule has 2 aliphatic rings. The average Bonchev–Trinajstić information content (AvgIpc) is 2.69. The van der Waals surface area contributed by atoms with Gasteiger partial charge in [0.05, 0.1) is 19.3 Å². The second kappa shape index (κ2) is 9.90. The molecule has 0 aliphatic carbocycles. The summed E-state index contributed by atoms with van der Waals surface area (Å²) in [6, 6.07) is 8.56. The number of hydrogen-bond acceptors (Lipinski definition) is 4. The van der Waals surface area contributed by atoms with Gasteiger partial charge in [0.2, 0.25) is 0 Å². The molecule has 2 fully saturated rings. The number of ether oxygens (including phenoxy) is 2. The maximum atomic E-state index is 12.3. The summed E-state index contributed by atoms with van der Waals surface area (Å²) >= 11 is 0. The molecule has 0 saturated carbocycles. The van der Waals surface area contributed by atoms with Crippen molar-refractivity contribution in [3.05, 3.63) is 35.4 Å². The van der Waals surface area contributed by atoms with Crippen molar-refractivity contribution in [1.82, 2.24) is 15.1 Å². The lowest BCUT2D eigenvalue weighted by Gasteiger charge is -2.31. The second-order valence-electron chi connectivity index (χ2n) is 7.01. The molecule has 144 valence electrons. The van der Waals surface area contributed by atoms with E-state index in [4.69, 9.17) is 9.47 Å². The van der Waals surface area contributed by atoms with E-state index < -0.39 is 0 Å². The summed E-state index contributed by atoms with van der Waals surface area (Å²) in [5.41, 5.74) is 2.44. The first kappa shape index (κ1) is 19.1. The van der Waals surface area contributed by atoms with Gasteiger partial charge in [-0.15, -0.1) is 0 Å². The van der Waals surface area contributed by atoms with Crippen LogP contribution in [-0.2, 0) is 22.6 Å². The summed E-state index contributed by atoms with van der Waals surface area (Å²) in [6.45, 7) is 9.49. The number of piperidine rings is 1. The van der Waals surface area contributed by atoms with Crippen molar-refractivity contribution in [3.63, 3.8) is 0 Å². The van der Waals surface area contributed by atoms with Gasteiger partial charge in [0.15, 0.2) is 0 Å². The smallest absolute Gasteiger partial charge is 0.317 e. The number of carbonyl (C=O) groups is 1. The van der Waals surface area contributed by atoms with Gasteiger partial charge >= 0.3 is 6.03 Å². The molecular weight excluding hydrogens is 330 g/mol. The van der Waals surface area contributed by atoms with Crippen molar-refractivity contribution >= 4 is 6.03 Å². The lowest BCUT2D eigenvalue weighted by atomic mass is 10.1. The maximum absolute atomic E-state index is 12.3. The number of likely N-dealkylation sites (tertiary alicyclic amines) is 1. The Kier molecular flexibility index (Phi) is 7.29. The number of carbonyl (C=O) groups excluding carboxylic acids is 1. The molecular formula is C20H31N3O3.